The molecule has 0 unspecified atom stereocenters. The van der Waals surface area contributed by atoms with Gasteiger partial charge < -0.3 is 5.32 Å². The van der Waals surface area contributed by atoms with Crippen molar-refractivity contribution in [2.75, 3.05) is 10.6 Å². The summed E-state index contributed by atoms with van der Waals surface area (Å²) >= 11 is 0. The van der Waals surface area contributed by atoms with Crippen LogP contribution in [-0.4, -0.2) is 20.8 Å². The number of amides is 2. The minimum Gasteiger partial charge on any atom is -0.308 e. The lowest BCUT2D eigenvalue weighted by atomic mass is 9.92. The molecule has 0 aliphatic carbocycles. The number of pyridine rings is 1. The van der Waals surface area contributed by atoms with Gasteiger partial charge >= 0.3 is 6.03 Å². The van der Waals surface area contributed by atoms with Gasteiger partial charge in [-0.25, -0.2) is 13.9 Å². The zero-order valence-corrected chi connectivity index (χ0v) is 18.8. The van der Waals surface area contributed by atoms with Crippen LogP contribution in [0.25, 0.3) is 5.69 Å². The van der Waals surface area contributed by atoms with Crippen LogP contribution in [0.4, 0.5) is 20.7 Å². The molecular formula is C26H26FN5O. The summed E-state index contributed by atoms with van der Waals surface area (Å²) in [5.74, 6) is 0.0832. The molecule has 0 aliphatic rings. The van der Waals surface area contributed by atoms with E-state index >= 15 is 0 Å². The summed E-state index contributed by atoms with van der Waals surface area (Å²) in [4.78, 5) is 16.8. The molecule has 4 rings (SSSR count). The van der Waals surface area contributed by atoms with Crippen LogP contribution in [-0.2, 0) is 11.8 Å². The van der Waals surface area contributed by atoms with Crippen LogP contribution in [0.2, 0.25) is 0 Å². The van der Waals surface area contributed by atoms with Gasteiger partial charge in [0.15, 0.2) is 0 Å². The van der Waals surface area contributed by atoms with E-state index in [0.29, 0.717) is 17.2 Å². The van der Waals surface area contributed by atoms with Crippen LogP contribution in [0.5, 0.6) is 0 Å². The second kappa shape index (κ2) is 9.24. The topological polar surface area (TPSA) is 71.8 Å². The average Bonchev–Trinajstić information content (AvgIpc) is 3.20. The molecule has 2 heterocycles. The molecule has 0 spiro atoms. The highest BCUT2D eigenvalue weighted by molar-refractivity contribution is 5.99. The number of rotatable bonds is 5. The van der Waals surface area contributed by atoms with E-state index in [-0.39, 0.29) is 11.2 Å². The number of anilines is 2. The van der Waals surface area contributed by atoms with E-state index in [1.165, 1.54) is 17.7 Å². The average molecular weight is 444 g/mol. The molecule has 2 N–H and O–H groups in total. The van der Waals surface area contributed by atoms with Gasteiger partial charge in [-0.3, -0.25) is 10.3 Å². The number of carbonyl (C=O) groups excluding carboxylic acids is 1. The summed E-state index contributed by atoms with van der Waals surface area (Å²) in [6.45, 7) is 6.09. The molecule has 0 radical (unpaired) electrons. The Morgan fingerprint density at radius 3 is 2.30 bits per heavy atom. The fraction of sp³-hybridized carbons (Fsp3) is 0.192. The quantitative estimate of drug-likeness (QED) is 0.401. The van der Waals surface area contributed by atoms with Crippen molar-refractivity contribution in [3.63, 3.8) is 0 Å². The van der Waals surface area contributed by atoms with Gasteiger partial charge in [-0.1, -0.05) is 39.0 Å². The first kappa shape index (κ1) is 22.2. The maximum atomic E-state index is 13.8. The van der Waals surface area contributed by atoms with Gasteiger partial charge in [0.2, 0.25) is 0 Å². The number of nitrogens with one attached hydrogen (secondary N) is 2. The number of nitrogens with zero attached hydrogens (tertiary/aromatic N) is 3. The minimum absolute atomic E-state index is 0.240. The van der Waals surface area contributed by atoms with Crippen molar-refractivity contribution in [1.29, 1.82) is 0 Å². The van der Waals surface area contributed by atoms with E-state index in [0.717, 1.165) is 17.7 Å². The van der Waals surface area contributed by atoms with Gasteiger partial charge in [0.25, 0.3) is 0 Å². The second-order valence-electron chi connectivity index (χ2n) is 8.86. The second-order valence-corrected chi connectivity index (χ2v) is 8.86. The van der Waals surface area contributed by atoms with Crippen LogP contribution in [0.3, 0.4) is 0 Å². The van der Waals surface area contributed by atoms with Crippen LogP contribution in [0.15, 0.2) is 79.1 Å². The lowest BCUT2D eigenvalue weighted by Gasteiger charge is -2.14. The largest absolute Gasteiger partial charge is 0.324 e. The molecule has 33 heavy (non-hydrogen) atoms. The monoisotopic (exact) mass is 443 g/mol. The zero-order valence-electron chi connectivity index (χ0n) is 18.8. The predicted molar refractivity (Wildman–Crippen MR) is 128 cm³/mol. The maximum Gasteiger partial charge on any atom is 0.324 e. The van der Waals surface area contributed by atoms with Crippen LogP contribution in [0, 0.1) is 5.82 Å². The van der Waals surface area contributed by atoms with Crippen molar-refractivity contribution in [3.05, 3.63) is 102 Å². The molecule has 168 valence electrons. The van der Waals surface area contributed by atoms with Gasteiger partial charge in [-0.05, 0) is 60.0 Å². The van der Waals surface area contributed by atoms with Crippen molar-refractivity contribution in [3.8, 4) is 5.69 Å². The molecule has 0 aliphatic heterocycles. The summed E-state index contributed by atoms with van der Waals surface area (Å²) in [7, 11) is 0. The molecule has 0 saturated heterocycles. The highest BCUT2D eigenvalue weighted by Crippen LogP contribution is 2.26. The Balaban J connectivity index is 1.49. The number of aromatic nitrogens is 3. The molecule has 0 saturated carbocycles. The molecule has 6 nitrogen and oxygen atoms in total. The summed E-state index contributed by atoms with van der Waals surface area (Å²) in [5, 5.41) is 10.3. The van der Waals surface area contributed by atoms with E-state index in [2.05, 4.69) is 20.7 Å². The van der Waals surface area contributed by atoms with Crippen molar-refractivity contribution in [2.24, 2.45) is 0 Å². The first-order chi connectivity index (χ1) is 15.8. The third-order valence-electron chi connectivity index (χ3n) is 5.14. The SMILES string of the molecule is CC(C)(C)c1cc(NC(=O)Nc2ccc(Cc3ccncc3)cc2)n(-c2cccc(F)c2)n1. The fourth-order valence-electron chi connectivity index (χ4n) is 3.36. The molecule has 0 bridgehead atoms. The van der Waals surface area contributed by atoms with Crippen molar-refractivity contribution in [1.82, 2.24) is 14.8 Å². The highest BCUT2D eigenvalue weighted by atomic mass is 19.1. The van der Waals surface area contributed by atoms with E-state index in [1.807, 2.05) is 63.2 Å². The van der Waals surface area contributed by atoms with Crippen molar-refractivity contribution < 1.29 is 9.18 Å². The number of benzene rings is 2. The summed E-state index contributed by atoms with van der Waals surface area (Å²) in [6.07, 6.45) is 4.34. The fourth-order valence-corrected chi connectivity index (χ4v) is 3.36. The normalized spacial score (nSPS) is 11.3. The van der Waals surface area contributed by atoms with Gasteiger partial charge in [0, 0.05) is 29.6 Å². The van der Waals surface area contributed by atoms with Crippen LogP contribution < -0.4 is 10.6 Å². The highest BCUT2D eigenvalue weighted by Gasteiger charge is 2.21. The number of halogens is 1. The van der Waals surface area contributed by atoms with Gasteiger partial charge in [-0.2, -0.15) is 5.10 Å². The Labute approximate surface area is 192 Å². The first-order valence-corrected chi connectivity index (χ1v) is 10.7. The van der Waals surface area contributed by atoms with E-state index in [9.17, 15) is 9.18 Å². The van der Waals surface area contributed by atoms with Crippen LogP contribution in [0.1, 0.15) is 37.6 Å². The molecule has 2 aromatic heterocycles. The lowest BCUT2D eigenvalue weighted by molar-refractivity contribution is 0.262. The lowest BCUT2D eigenvalue weighted by Crippen LogP contribution is -2.21. The standard InChI is InChI=1S/C26H26FN5O/c1-26(2,3)23-17-24(32(31-23)22-6-4-5-20(27)16-22)30-25(33)29-21-9-7-18(8-10-21)15-19-11-13-28-14-12-19/h4-14,16-17H,15H2,1-3H3,(H2,29,30,33). The molecule has 4 aromatic rings. The Morgan fingerprint density at radius 2 is 1.64 bits per heavy atom. The van der Waals surface area contributed by atoms with Crippen LogP contribution >= 0.6 is 0 Å². The first-order valence-electron chi connectivity index (χ1n) is 10.7. The Bertz CT molecular complexity index is 1240. The maximum absolute atomic E-state index is 13.8. The Morgan fingerprint density at radius 1 is 0.939 bits per heavy atom. The molecule has 0 fully saturated rings. The van der Waals surface area contributed by atoms with Gasteiger partial charge in [0.1, 0.15) is 11.6 Å². The summed E-state index contributed by atoms with van der Waals surface area (Å²) in [5.41, 5.74) is 4.04. The Hall–Kier alpha value is -4.00. The van der Waals surface area contributed by atoms with E-state index in [1.54, 1.807) is 29.2 Å². The molecule has 2 amide bonds. The molecule has 2 aromatic carbocycles. The zero-order chi connectivity index (χ0) is 23.4. The van der Waals surface area contributed by atoms with E-state index < -0.39 is 6.03 Å². The molecule has 7 heteroatoms. The predicted octanol–water partition coefficient (Wildman–Crippen LogP) is 5.94. The molecular weight excluding hydrogens is 417 g/mol. The Kier molecular flexibility index (Phi) is 6.22. The number of urea groups is 1. The third-order valence-corrected chi connectivity index (χ3v) is 5.14. The number of carbonyl (C=O) groups is 1. The summed E-state index contributed by atoms with van der Waals surface area (Å²) in [6, 6.07) is 19.1. The van der Waals surface area contributed by atoms with Crippen molar-refractivity contribution >= 4 is 17.5 Å². The van der Waals surface area contributed by atoms with Crippen molar-refractivity contribution in [2.45, 2.75) is 32.6 Å². The minimum atomic E-state index is -0.408. The smallest absolute Gasteiger partial charge is 0.308 e. The van der Waals surface area contributed by atoms with Gasteiger partial charge in [-0.15, -0.1) is 0 Å². The summed E-state index contributed by atoms with van der Waals surface area (Å²) < 4.78 is 15.3. The number of hydrogen-bond acceptors (Lipinski definition) is 3. The number of hydrogen-bond donors (Lipinski definition) is 2. The third kappa shape index (κ3) is 5.63. The van der Waals surface area contributed by atoms with Gasteiger partial charge in [0.05, 0.1) is 11.4 Å². The van der Waals surface area contributed by atoms with E-state index in [4.69, 9.17) is 0 Å². The molecule has 0 atom stereocenters.